The number of fused-ring (bicyclic) bond motifs is 9. The molecule has 13 atom stereocenters. The third-order valence-electron chi connectivity index (χ3n) is 11.7. The third-order valence-corrected chi connectivity index (χ3v) is 11.7. The lowest BCUT2D eigenvalue weighted by atomic mass is 9.57. The standard InChI is InChI=1S/C33H51NO5/c1-7-8-10-17(2)26-21(16-25-27(18(3)11-9-12-34)32(37)38-30(25)35)22-15-24(26)28-19-13-20(29(22)28)23(14-19)31(36)39-33(4,5)6/h12,17-29,34H,7-11,13-16H2,1-6H3. The molecule has 4 bridgehead atoms. The molecule has 0 radical (unpaired) electrons. The summed E-state index contributed by atoms with van der Waals surface area (Å²) in [6, 6.07) is 0. The van der Waals surface area contributed by atoms with E-state index in [0.717, 1.165) is 25.7 Å². The Balaban J connectivity index is 1.40. The molecule has 1 aliphatic heterocycles. The first kappa shape index (κ1) is 28.8. The summed E-state index contributed by atoms with van der Waals surface area (Å²) in [5, 5.41) is 7.44. The predicted molar refractivity (Wildman–Crippen MR) is 150 cm³/mol. The van der Waals surface area contributed by atoms with Gasteiger partial charge in [-0.05, 0) is 125 Å². The molecule has 6 heteroatoms. The zero-order valence-electron chi connectivity index (χ0n) is 25.0. The minimum absolute atomic E-state index is 0.00862. The SMILES string of the molecule is CCCCC(C)C1C(CC2C(=O)OC(=O)C2C(C)CCC=N)C2CC1C1C3CC(C(=O)OC(C)(C)C)C(C3)C21. The van der Waals surface area contributed by atoms with Gasteiger partial charge in [0.15, 0.2) is 0 Å². The maximum Gasteiger partial charge on any atom is 0.317 e. The minimum atomic E-state index is -0.464. The Hall–Kier alpha value is -1.72. The maximum absolute atomic E-state index is 13.2. The quantitative estimate of drug-likeness (QED) is 0.136. The highest BCUT2D eigenvalue weighted by atomic mass is 16.6. The average Bonchev–Trinajstić information content (AvgIpc) is 3.65. The summed E-state index contributed by atoms with van der Waals surface area (Å²) in [5.41, 5.74) is -0.464. The van der Waals surface area contributed by atoms with Crippen LogP contribution in [0.15, 0.2) is 0 Å². The molecule has 1 N–H and O–H groups in total. The van der Waals surface area contributed by atoms with Crippen molar-refractivity contribution in [2.75, 3.05) is 0 Å². The van der Waals surface area contributed by atoms with Crippen LogP contribution >= 0.6 is 0 Å². The highest BCUT2D eigenvalue weighted by Crippen LogP contribution is 2.73. The Morgan fingerprint density at radius 1 is 1.03 bits per heavy atom. The molecule has 5 fully saturated rings. The molecule has 0 aromatic carbocycles. The Morgan fingerprint density at radius 3 is 2.44 bits per heavy atom. The van der Waals surface area contributed by atoms with Crippen LogP contribution in [0.3, 0.4) is 0 Å². The van der Waals surface area contributed by atoms with Crippen LogP contribution in [-0.2, 0) is 23.9 Å². The van der Waals surface area contributed by atoms with Crippen molar-refractivity contribution >= 4 is 24.1 Å². The van der Waals surface area contributed by atoms with E-state index in [9.17, 15) is 14.4 Å². The molecule has 4 aliphatic carbocycles. The molecule has 0 aromatic heterocycles. The van der Waals surface area contributed by atoms with Crippen LogP contribution in [0.5, 0.6) is 0 Å². The number of esters is 3. The van der Waals surface area contributed by atoms with Gasteiger partial charge in [0.05, 0.1) is 17.8 Å². The first-order valence-electron chi connectivity index (χ1n) is 15.9. The second-order valence-corrected chi connectivity index (χ2v) is 15.0. The van der Waals surface area contributed by atoms with Gasteiger partial charge in [-0.3, -0.25) is 14.4 Å². The molecular formula is C33H51NO5. The van der Waals surface area contributed by atoms with E-state index in [1.54, 1.807) is 0 Å². The van der Waals surface area contributed by atoms with E-state index in [1.807, 2.05) is 27.7 Å². The Kier molecular flexibility index (Phi) is 8.07. The van der Waals surface area contributed by atoms with E-state index in [-0.39, 0.29) is 35.7 Å². The van der Waals surface area contributed by atoms with Crippen LogP contribution in [-0.4, -0.2) is 29.7 Å². The number of hydrogen-bond acceptors (Lipinski definition) is 6. The number of carbonyl (C=O) groups excluding carboxylic acids is 3. The fourth-order valence-electron chi connectivity index (χ4n) is 10.6. The Morgan fingerprint density at radius 2 is 1.77 bits per heavy atom. The number of nitrogens with one attached hydrogen (secondary N) is 1. The van der Waals surface area contributed by atoms with Crippen LogP contribution in [0, 0.1) is 82.3 Å². The Bertz CT molecular complexity index is 970. The first-order chi connectivity index (χ1) is 18.5. The highest BCUT2D eigenvalue weighted by Gasteiger charge is 2.69. The van der Waals surface area contributed by atoms with E-state index in [4.69, 9.17) is 14.9 Å². The Labute approximate surface area is 235 Å². The number of ether oxygens (including phenoxy) is 2. The van der Waals surface area contributed by atoms with Crippen LogP contribution in [0.1, 0.15) is 99.3 Å². The van der Waals surface area contributed by atoms with Gasteiger partial charge in [0, 0.05) is 0 Å². The van der Waals surface area contributed by atoms with Crippen molar-refractivity contribution in [2.45, 2.75) is 105 Å². The fourth-order valence-corrected chi connectivity index (χ4v) is 10.6. The molecule has 4 saturated carbocycles. The molecule has 0 aromatic rings. The monoisotopic (exact) mass is 541 g/mol. The summed E-state index contributed by atoms with van der Waals surface area (Å²) in [6.45, 7) is 12.6. The smallest absolute Gasteiger partial charge is 0.317 e. The summed E-state index contributed by atoms with van der Waals surface area (Å²) in [5.74, 6) is 3.66. The van der Waals surface area contributed by atoms with E-state index in [2.05, 4.69) is 13.8 Å². The van der Waals surface area contributed by atoms with Gasteiger partial charge in [0.1, 0.15) is 5.60 Å². The largest absolute Gasteiger partial charge is 0.460 e. The van der Waals surface area contributed by atoms with Gasteiger partial charge in [0.25, 0.3) is 0 Å². The van der Waals surface area contributed by atoms with Gasteiger partial charge in [-0.25, -0.2) is 0 Å². The van der Waals surface area contributed by atoms with Crippen molar-refractivity contribution in [1.29, 1.82) is 5.41 Å². The third kappa shape index (κ3) is 5.12. The summed E-state index contributed by atoms with van der Waals surface area (Å²) in [7, 11) is 0. The number of rotatable bonds is 11. The second kappa shape index (κ2) is 10.9. The lowest BCUT2D eigenvalue weighted by Gasteiger charge is -2.47. The van der Waals surface area contributed by atoms with Gasteiger partial charge >= 0.3 is 17.9 Å². The van der Waals surface area contributed by atoms with Gasteiger partial charge in [0.2, 0.25) is 0 Å². The second-order valence-electron chi connectivity index (χ2n) is 15.0. The molecule has 0 spiro atoms. The molecule has 1 saturated heterocycles. The van der Waals surface area contributed by atoms with Crippen molar-refractivity contribution in [2.24, 2.45) is 76.9 Å². The van der Waals surface area contributed by atoms with Crippen molar-refractivity contribution in [3.05, 3.63) is 0 Å². The maximum atomic E-state index is 13.2. The van der Waals surface area contributed by atoms with Crippen LogP contribution in [0.4, 0.5) is 0 Å². The lowest BCUT2D eigenvalue weighted by Crippen LogP contribution is -2.45. The molecule has 5 rings (SSSR count). The minimum Gasteiger partial charge on any atom is -0.460 e. The van der Waals surface area contributed by atoms with Gasteiger partial charge < -0.3 is 14.9 Å². The molecule has 13 unspecified atom stereocenters. The topological polar surface area (TPSA) is 93.5 Å². The zero-order chi connectivity index (χ0) is 28.2. The number of unbranched alkanes of at least 4 members (excludes halogenated alkanes) is 1. The van der Waals surface area contributed by atoms with E-state index >= 15 is 0 Å². The first-order valence-corrected chi connectivity index (χ1v) is 15.9. The zero-order valence-corrected chi connectivity index (χ0v) is 25.0. The predicted octanol–water partition coefficient (Wildman–Crippen LogP) is 6.70. The molecule has 218 valence electrons. The van der Waals surface area contributed by atoms with Crippen molar-refractivity contribution < 1.29 is 23.9 Å². The summed E-state index contributed by atoms with van der Waals surface area (Å²) < 4.78 is 11.2. The summed E-state index contributed by atoms with van der Waals surface area (Å²) in [4.78, 5) is 39.2. The molecular weight excluding hydrogens is 490 g/mol. The molecule has 0 amide bonds. The normalized spacial score (nSPS) is 41.9. The van der Waals surface area contributed by atoms with Gasteiger partial charge in [-0.1, -0.05) is 40.0 Å². The van der Waals surface area contributed by atoms with Crippen molar-refractivity contribution in [1.82, 2.24) is 0 Å². The van der Waals surface area contributed by atoms with Gasteiger partial charge in [-0.2, -0.15) is 0 Å². The average molecular weight is 542 g/mol. The van der Waals surface area contributed by atoms with Crippen LogP contribution < -0.4 is 0 Å². The van der Waals surface area contributed by atoms with Gasteiger partial charge in [-0.15, -0.1) is 0 Å². The molecule has 6 nitrogen and oxygen atoms in total. The van der Waals surface area contributed by atoms with E-state index in [1.165, 1.54) is 31.9 Å². The number of carbonyl (C=O) groups is 3. The fraction of sp³-hybridized carbons (Fsp3) is 0.879. The van der Waals surface area contributed by atoms with Crippen molar-refractivity contribution in [3.8, 4) is 0 Å². The van der Waals surface area contributed by atoms with Crippen molar-refractivity contribution in [3.63, 3.8) is 0 Å². The molecule has 5 aliphatic rings. The number of hydrogen-bond donors (Lipinski definition) is 1. The number of cyclic esters (lactones) is 2. The van der Waals surface area contributed by atoms with E-state index < -0.39 is 11.5 Å². The van der Waals surface area contributed by atoms with Crippen LogP contribution in [0.2, 0.25) is 0 Å². The summed E-state index contributed by atoms with van der Waals surface area (Å²) in [6.07, 6.45) is 10.5. The van der Waals surface area contributed by atoms with E-state index in [0.29, 0.717) is 59.7 Å². The highest BCUT2D eigenvalue weighted by molar-refractivity contribution is 5.96. The van der Waals surface area contributed by atoms with Crippen LogP contribution in [0.25, 0.3) is 0 Å². The molecule has 39 heavy (non-hydrogen) atoms. The summed E-state index contributed by atoms with van der Waals surface area (Å²) >= 11 is 0. The lowest BCUT2D eigenvalue weighted by molar-refractivity contribution is -0.164. The molecule has 1 heterocycles.